The van der Waals surface area contributed by atoms with Crippen molar-refractivity contribution in [2.45, 2.75) is 25.8 Å². The third-order valence-corrected chi connectivity index (χ3v) is 4.58. The van der Waals surface area contributed by atoms with Crippen molar-refractivity contribution in [3.05, 3.63) is 34.9 Å². The molecule has 0 spiro atoms. The highest BCUT2D eigenvalue weighted by Gasteiger charge is 2.33. The van der Waals surface area contributed by atoms with Gasteiger partial charge in [0.2, 0.25) is 11.8 Å². The maximum Gasteiger partial charge on any atom is 0.326 e. The van der Waals surface area contributed by atoms with Crippen molar-refractivity contribution in [2.75, 3.05) is 27.2 Å². The fourth-order valence-corrected chi connectivity index (χ4v) is 2.76. The lowest BCUT2D eigenvalue weighted by molar-refractivity contribution is -0.132. The van der Waals surface area contributed by atoms with Crippen molar-refractivity contribution in [3.8, 4) is 0 Å². The SMILES string of the molecule is CC(c1ccc(Cl)cc1)N(C)C(=O)CCCN1C(=O)CN(C)C1=O. The largest absolute Gasteiger partial charge is 0.339 e. The van der Waals surface area contributed by atoms with Gasteiger partial charge in [0.15, 0.2) is 0 Å². The van der Waals surface area contributed by atoms with Crippen molar-refractivity contribution < 1.29 is 14.4 Å². The van der Waals surface area contributed by atoms with E-state index in [1.807, 2.05) is 19.1 Å². The van der Waals surface area contributed by atoms with Gasteiger partial charge in [-0.3, -0.25) is 14.5 Å². The van der Waals surface area contributed by atoms with E-state index in [2.05, 4.69) is 0 Å². The van der Waals surface area contributed by atoms with E-state index in [1.165, 1.54) is 9.80 Å². The topological polar surface area (TPSA) is 60.9 Å². The van der Waals surface area contributed by atoms with Crippen molar-refractivity contribution in [1.82, 2.24) is 14.7 Å². The van der Waals surface area contributed by atoms with Crippen molar-refractivity contribution in [3.63, 3.8) is 0 Å². The molecule has 1 heterocycles. The van der Waals surface area contributed by atoms with Crippen LogP contribution >= 0.6 is 11.6 Å². The number of carbonyl (C=O) groups excluding carboxylic acids is 3. The first-order chi connectivity index (χ1) is 11.3. The Morgan fingerprint density at radius 1 is 1.29 bits per heavy atom. The number of nitrogens with zero attached hydrogens (tertiary/aromatic N) is 3. The molecule has 1 aliphatic rings. The molecule has 1 unspecified atom stereocenters. The molecule has 0 bridgehead atoms. The summed E-state index contributed by atoms with van der Waals surface area (Å²) in [5.41, 5.74) is 1.00. The van der Waals surface area contributed by atoms with E-state index in [0.29, 0.717) is 11.4 Å². The van der Waals surface area contributed by atoms with Gasteiger partial charge in [-0.1, -0.05) is 23.7 Å². The van der Waals surface area contributed by atoms with Crippen LogP contribution in [-0.4, -0.2) is 59.7 Å². The Hall–Kier alpha value is -2.08. The molecule has 1 atom stereocenters. The second-order valence-corrected chi connectivity index (χ2v) is 6.46. The molecule has 0 N–H and O–H groups in total. The number of hydrogen-bond acceptors (Lipinski definition) is 3. The zero-order valence-corrected chi connectivity index (χ0v) is 14.9. The highest BCUT2D eigenvalue weighted by molar-refractivity contribution is 6.30. The van der Waals surface area contributed by atoms with E-state index in [4.69, 9.17) is 11.6 Å². The molecule has 1 fully saturated rings. The summed E-state index contributed by atoms with van der Waals surface area (Å²) in [5.74, 6) is -0.234. The zero-order valence-electron chi connectivity index (χ0n) is 14.2. The first-order valence-electron chi connectivity index (χ1n) is 7.88. The van der Waals surface area contributed by atoms with E-state index >= 15 is 0 Å². The van der Waals surface area contributed by atoms with Crippen molar-refractivity contribution in [1.29, 1.82) is 0 Å². The van der Waals surface area contributed by atoms with Gasteiger partial charge in [-0.25, -0.2) is 4.79 Å². The molecule has 0 aromatic heterocycles. The molecule has 1 aliphatic heterocycles. The maximum absolute atomic E-state index is 12.3. The van der Waals surface area contributed by atoms with Crippen LogP contribution in [0.4, 0.5) is 4.79 Å². The van der Waals surface area contributed by atoms with E-state index in [9.17, 15) is 14.4 Å². The van der Waals surface area contributed by atoms with Gasteiger partial charge in [-0.05, 0) is 31.0 Å². The van der Waals surface area contributed by atoms with Gasteiger partial charge in [0.25, 0.3) is 0 Å². The number of carbonyl (C=O) groups is 3. The van der Waals surface area contributed by atoms with Crippen LogP contribution < -0.4 is 0 Å². The summed E-state index contributed by atoms with van der Waals surface area (Å²) in [6, 6.07) is 7.02. The fourth-order valence-electron chi connectivity index (χ4n) is 2.63. The van der Waals surface area contributed by atoms with E-state index in [1.54, 1.807) is 31.1 Å². The van der Waals surface area contributed by atoms with Crippen molar-refractivity contribution in [2.24, 2.45) is 0 Å². The maximum atomic E-state index is 12.3. The van der Waals surface area contributed by atoms with Gasteiger partial charge in [0.05, 0.1) is 6.04 Å². The fraction of sp³-hybridized carbons (Fsp3) is 0.471. The predicted molar refractivity (Wildman–Crippen MR) is 91.6 cm³/mol. The molecule has 1 aromatic rings. The third-order valence-electron chi connectivity index (χ3n) is 4.33. The van der Waals surface area contributed by atoms with Crippen LogP contribution in [0.2, 0.25) is 5.02 Å². The molecular formula is C17H22ClN3O3. The minimum Gasteiger partial charge on any atom is -0.339 e. The summed E-state index contributed by atoms with van der Waals surface area (Å²) in [6.07, 6.45) is 0.747. The second kappa shape index (κ2) is 7.66. The number of likely N-dealkylation sites (N-methyl/N-ethyl adjacent to an activating group) is 1. The minimum atomic E-state index is -0.296. The molecular weight excluding hydrogens is 330 g/mol. The lowest BCUT2D eigenvalue weighted by Gasteiger charge is -2.26. The number of hydrogen-bond donors (Lipinski definition) is 0. The van der Waals surface area contributed by atoms with Crippen LogP contribution in [0.25, 0.3) is 0 Å². The van der Waals surface area contributed by atoms with Crippen LogP contribution in [0.5, 0.6) is 0 Å². The van der Waals surface area contributed by atoms with Crippen LogP contribution in [-0.2, 0) is 9.59 Å². The Balaban J connectivity index is 1.84. The summed E-state index contributed by atoms with van der Waals surface area (Å²) in [6.45, 7) is 2.33. The Morgan fingerprint density at radius 2 is 1.92 bits per heavy atom. The molecule has 0 radical (unpaired) electrons. The first kappa shape index (κ1) is 18.3. The molecule has 0 aliphatic carbocycles. The highest BCUT2D eigenvalue weighted by Crippen LogP contribution is 2.21. The second-order valence-electron chi connectivity index (χ2n) is 6.02. The molecule has 6 nitrogen and oxygen atoms in total. The minimum absolute atomic E-state index is 0.0232. The molecule has 4 amide bonds. The molecule has 0 saturated carbocycles. The molecule has 24 heavy (non-hydrogen) atoms. The van der Waals surface area contributed by atoms with Gasteiger partial charge < -0.3 is 9.80 Å². The Bertz CT molecular complexity index is 632. The smallest absolute Gasteiger partial charge is 0.326 e. The van der Waals surface area contributed by atoms with Crippen molar-refractivity contribution >= 4 is 29.4 Å². The number of halogens is 1. The summed E-state index contributed by atoms with van der Waals surface area (Å²) in [5, 5.41) is 0.657. The molecule has 1 saturated heterocycles. The van der Waals surface area contributed by atoms with Gasteiger partial charge >= 0.3 is 6.03 Å². The average molecular weight is 352 g/mol. The van der Waals surface area contributed by atoms with Gasteiger partial charge in [0.1, 0.15) is 6.54 Å². The monoisotopic (exact) mass is 351 g/mol. The summed E-state index contributed by atoms with van der Waals surface area (Å²) in [4.78, 5) is 40.0. The van der Waals surface area contributed by atoms with E-state index in [-0.39, 0.29) is 43.4 Å². The van der Waals surface area contributed by atoms with Crippen LogP contribution in [0.3, 0.4) is 0 Å². The predicted octanol–water partition coefficient (Wildman–Crippen LogP) is 2.53. The number of amides is 4. The van der Waals surface area contributed by atoms with Crippen LogP contribution in [0.1, 0.15) is 31.4 Å². The van der Waals surface area contributed by atoms with Gasteiger partial charge in [-0.15, -0.1) is 0 Å². The third kappa shape index (κ3) is 4.06. The summed E-state index contributed by atoms with van der Waals surface area (Å²) < 4.78 is 0. The van der Waals surface area contributed by atoms with Gasteiger partial charge in [-0.2, -0.15) is 0 Å². The number of benzene rings is 1. The lowest BCUT2D eigenvalue weighted by atomic mass is 10.1. The number of urea groups is 1. The lowest BCUT2D eigenvalue weighted by Crippen LogP contribution is -2.34. The highest BCUT2D eigenvalue weighted by atomic mass is 35.5. The molecule has 130 valence electrons. The molecule has 1 aromatic carbocycles. The Kier molecular flexibility index (Phi) is 5.83. The van der Waals surface area contributed by atoms with Gasteiger partial charge in [0, 0.05) is 32.1 Å². The average Bonchev–Trinajstić information content (AvgIpc) is 2.80. The first-order valence-corrected chi connectivity index (χ1v) is 8.25. The summed E-state index contributed by atoms with van der Waals surface area (Å²) >= 11 is 5.88. The van der Waals surface area contributed by atoms with Crippen LogP contribution in [0.15, 0.2) is 24.3 Å². The quantitative estimate of drug-likeness (QED) is 0.740. The van der Waals surface area contributed by atoms with Crippen LogP contribution in [0, 0.1) is 0 Å². The Labute approximate surface area is 147 Å². The summed E-state index contributed by atoms with van der Waals surface area (Å²) in [7, 11) is 3.34. The molecule has 7 heteroatoms. The Morgan fingerprint density at radius 3 is 2.46 bits per heavy atom. The number of rotatable bonds is 6. The normalized spacial score (nSPS) is 15.8. The standard InChI is InChI=1S/C17H22ClN3O3/c1-12(13-6-8-14(18)9-7-13)20(3)15(22)5-4-10-21-16(23)11-19(2)17(21)24/h6-9,12H,4-5,10-11H2,1-3H3. The molecule has 2 rings (SSSR count). The van der Waals surface area contributed by atoms with E-state index in [0.717, 1.165) is 5.56 Å². The zero-order chi connectivity index (χ0) is 17.9. The van der Waals surface area contributed by atoms with E-state index < -0.39 is 0 Å². The number of imide groups is 1.